The molecule has 264 valence electrons. The average Bonchev–Trinajstić information content (AvgIpc) is 3.84. The van der Waals surface area contributed by atoms with Crippen LogP contribution in [0.3, 0.4) is 0 Å². The molecule has 3 rings (SSSR count). The third-order valence-corrected chi connectivity index (χ3v) is 10.5. The molecule has 1 aliphatic heterocycles. The van der Waals surface area contributed by atoms with Crippen molar-refractivity contribution in [1.82, 2.24) is 15.5 Å². The van der Waals surface area contributed by atoms with Crippen LogP contribution in [0.2, 0.25) is 0 Å². The number of urea groups is 1. The van der Waals surface area contributed by atoms with Gasteiger partial charge in [-0.1, -0.05) is 74.8 Å². The number of amides is 3. The first-order valence-corrected chi connectivity index (χ1v) is 17.4. The second-order valence-electron chi connectivity index (χ2n) is 16.9. The number of ketones is 3. The van der Waals surface area contributed by atoms with E-state index in [1.807, 2.05) is 55.4 Å². The highest BCUT2D eigenvalue weighted by Crippen LogP contribution is 2.65. The minimum atomic E-state index is -1.01. The van der Waals surface area contributed by atoms with Gasteiger partial charge < -0.3 is 20.3 Å². The Kier molecular flexibility index (Phi) is 11.9. The van der Waals surface area contributed by atoms with E-state index in [9.17, 15) is 28.8 Å². The predicted octanol–water partition coefficient (Wildman–Crippen LogP) is 5.42. The van der Waals surface area contributed by atoms with Gasteiger partial charge in [0.05, 0.1) is 6.04 Å². The van der Waals surface area contributed by atoms with Crippen LogP contribution in [0.5, 0.6) is 0 Å². The number of ether oxygens (including phenoxy) is 1. The van der Waals surface area contributed by atoms with Crippen LogP contribution in [0.15, 0.2) is 12.7 Å². The maximum atomic E-state index is 14.3. The summed E-state index contributed by atoms with van der Waals surface area (Å²) in [4.78, 5) is 82.3. The van der Waals surface area contributed by atoms with Gasteiger partial charge in [0.2, 0.25) is 11.7 Å². The van der Waals surface area contributed by atoms with Gasteiger partial charge >= 0.3 is 12.0 Å². The highest BCUT2D eigenvalue weighted by Gasteiger charge is 2.69. The number of esters is 1. The number of nitrogens with zero attached hydrogens (tertiary/aromatic N) is 1. The average molecular weight is 658 g/mol. The van der Waals surface area contributed by atoms with E-state index in [0.29, 0.717) is 31.7 Å². The first kappa shape index (κ1) is 38.4. The quantitative estimate of drug-likeness (QED) is 0.128. The molecule has 0 aromatic carbocycles. The number of carbonyl (C=O) groups is 6. The Morgan fingerprint density at radius 3 is 2.06 bits per heavy atom. The molecule has 0 spiro atoms. The number of likely N-dealkylation sites (tertiary alicyclic amines) is 1. The van der Waals surface area contributed by atoms with Crippen molar-refractivity contribution in [3.8, 4) is 0 Å². The van der Waals surface area contributed by atoms with Crippen molar-refractivity contribution in [2.75, 3.05) is 6.54 Å². The number of allylic oxidation sites excluding steroid dienone is 1. The van der Waals surface area contributed by atoms with Crippen LogP contribution in [0, 0.1) is 39.9 Å². The molecular weight excluding hydrogens is 598 g/mol. The SMILES string of the molecule is C=CCCC(=O)C(=O)C(CCC)CC(=O)[C@@H]1[C@@H]2[C@H](CN1C(=O)[C@@H](NC(=O)N[C@H](C(=O)OC(C)C1CC1)C(C)(C)C)C(C)(C)C)C2(C)C. The lowest BCUT2D eigenvalue weighted by Gasteiger charge is -2.38. The Morgan fingerprint density at radius 1 is 0.979 bits per heavy atom. The van der Waals surface area contributed by atoms with Gasteiger partial charge in [0.25, 0.3) is 0 Å². The zero-order valence-corrected chi connectivity index (χ0v) is 30.4. The molecule has 7 atom stereocenters. The van der Waals surface area contributed by atoms with Crippen molar-refractivity contribution >= 4 is 35.3 Å². The number of nitrogens with one attached hydrogen (secondary N) is 2. The molecule has 3 amide bonds. The van der Waals surface area contributed by atoms with Crippen LogP contribution in [-0.4, -0.2) is 70.9 Å². The lowest BCUT2D eigenvalue weighted by atomic mass is 9.83. The van der Waals surface area contributed by atoms with Gasteiger partial charge in [0.1, 0.15) is 18.2 Å². The highest BCUT2D eigenvalue weighted by atomic mass is 16.5. The Morgan fingerprint density at radius 2 is 1.55 bits per heavy atom. The zero-order chi connectivity index (χ0) is 35.6. The van der Waals surface area contributed by atoms with Gasteiger partial charge in [-0.3, -0.25) is 19.2 Å². The van der Waals surface area contributed by atoms with Gasteiger partial charge in [0.15, 0.2) is 11.6 Å². The molecule has 47 heavy (non-hydrogen) atoms. The normalized spacial score (nSPS) is 24.2. The molecule has 0 radical (unpaired) electrons. The summed E-state index contributed by atoms with van der Waals surface area (Å²) in [6.45, 7) is 23.0. The predicted molar refractivity (Wildman–Crippen MR) is 180 cm³/mol. The summed E-state index contributed by atoms with van der Waals surface area (Å²) in [5.74, 6) is -2.51. The van der Waals surface area contributed by atoms with E-state index in [2.05, 4.69) is 31.1 Å². The summed E-state index contributed by atoms with van der Waals surface area (Å²) in [7, 11) is 0. The van der Waals surface area contributed by atoms with E-state index in [0.717, 1.165) is 12.8 Å². The van der Waals surface area contributed by atoms with Crippen molar-refractivity contribution < 1.29 is 33.5 Å². The second-order valence-corrected chi connectivity index (χ2v) is 16.9. The van der Waals surface area contributed by atoms with Gasteiger partial charge in [-0.25, -0.2) is 9.59 Å². The number of carbonyl (C=O) groups excluding carboxylic acids is 6. The lowest BCUT2D eigenvalue weighted by Crippen LogP contribution is -2.61. The lowest BCUT2D eigenvalue weighted by molar-refractivity contribution is -0.154. The molecule has 2 aliphatic carbocycles. The molecule has 10 nitrogen and oxygen atoms in total. The third-order valence-electron chi connectivity index (χ3n) is 10.5. The molecule has 1 heterocycles. The van der Waals surface area contributed by atoms with E-state index >= 15 is 0 Å². The summed E-state index contributed by atoms with van der Waals surface area (Å²) in [6.07, 6.45) is 4.78. The maximum Gasteiger partial charge on any atom is 0.329 e. The first-order valence-electron chi connectivity index (χ1n) is 17.4. The molecule has 2 saturated carbocycles. The number of Topliss-reactive ketones (excluding diaryl/α,β-unsaturated/α-hetero) is 3. The fourth-order valence-corrected chi connectivity index (χ4v) is 7.17. The molecule has 2 unspecified atom stereocenters. The largest absolute Gasteiger partial charge is 0.461 e. The number of hydrogen-bond acceptors (Lipinski definition) is 7. The monoisotopic (exact) mass is 657 g/mol. The van der Waals surface area contributed by atoms with Crippen molar-refractivity contribution in [3.63, 3.8) is 0 Å². The Bertz CT molecular complexity index is 1240. The fraction of sp³-hybridized carbons (Fsp3) is 0.784. The Balaban J connectivity index is 1.81. The number of rotatable bonds is 16. The molecule has 10 heteroatoms. The second kappa shape index (κ2) is 14.6. The summed E-state index contributed by atoms with van der Waals surface area (Å²) in [5.41, 5.74) is -1.54. The molecule has 0 bridgehead atoms. The van der Waals surface area contributed by atoms with Crippen molar-refractivity contribution in [1.29, 1.82) is 0 Å². The van der Waals surface area contributed by atoms with E-state index in [1.165, 1.54) is 0 Å². The molecule has 0 aromatic rings. The number of fused-ring (bicyclic) bond motifs is 1. The van der Waals surface area contributed by atoms with Crippen LogP contribution in [0.4, 0.5) is 4.79 Å². The molecule has 2 N–H and O–H groups in total. The number of piperidine rings is 1. The smallest absolute Gasteiger partial charge is 0.329 e. The van der Waals surface area contributed by atoms with Crippen LogP contribution in [0.25, 0.3) is 0 Å². The van der Waals surface area contributed by atoms with Crippen LogP contribution in [0.1, 0.15) is 114 Å². The molecule has 3 aliphatic rings. The fourth-order valence-electron chi connectivity index (χ4n) is 7.17. The van der Waals surface area contributed by atoms with E-state index in [4.69, 9.17) is 4.74 Å². The van der Waals surface area contributed by atoms with E-state index in [1.54, 1.807) is 11.0 Å². The molecule has 1 saturated heterocycles. The summed E-state index contributed by atoms with van der Waals surface area (Å²) >= 11 is 0. The van der Waals surface area contributed by atoms with E-state index < -0.39 is 58.4 Å². The summed E-state index contributed by atoms with van der Waals surface area (Å²) < 4.78 is 5.70. The summed E-state index contributed by atoms with van der Waals surface area (Å²) in [5, 5.41) is 5.61. The molecule has 0 aromatic heterocycles. The third kappa shape index (κ3) is 9.11. The van der Waals surface area contributed by atoms with Crippen molar-refractivity contribution in [2.24, 2.45) is 39.9 Å². The highest BCUT2D eigenvalue weighted by molar-refractivity contribution is 6.38. The summed E-state index contributed by atoms with van der Waals surface area (Å²) in [6, 6.07) is -3.38. The van der Waals surface area contributed by atoms with Gasteiger partial charge in [-0.05, 0) is 66.6 Å². The molecular formula is C37H59N3O7. The zero-order valence-electron chi connectivity index (χ0n) is 30.4. The van der Waals surface area contributed by atoms with Crippen molar-refractivity contribution in [2.45, 2.75) is 138 Å². The van der Waals surface area contributed by atoms with Crippen LogP contribution in [-0.2, 0) is 28.7 Å². The van der Waals surface area contributed by atoms with Crippen LogP contribution < -0.4 is 10.6 Å². The van der Waals surface area contributed by atoms with Crippen LogP contribution >= 0.6 is 0 Å². The first-order chi connectivity index (χ1) is 21.7. The van der Waals surface area contributed by atoms with Gasteiger partial charge in [0, 0.05) is 25.3 Å². The minimum Gasteiger partial charge on any atom is -0.461 e. The van der Waals surface area contributed by atoms with E-state index in [-0.39, 0.29) is 47.9 Å². The van der Waals surface area contributed by atoms with Gasteiger partial charge in [-0.15, -0.1) is 6.58 Å². The van der Waals surface area contributed by atoms with Crippen molar-refractivity contribution in [3.05, 3.63) is 12.7 Å². The number of hydrogen-bond donors (Lipinski definition) is 2. The topological polar surface area (TPSA) is 139 Å². The minimum absolute atomic E-state index is 0.0663. The molecule has 3 fully saturated rings. The maximum absolute atomic E-state index is 14.3. The Hall–Kier alpha value is -3.04. The standard InChI is InChI=1S/C37H59N3O7/c1-12-14-16-25(41)29(43)23(15-13-2)19-26(42)28-27-24(37(27,10)11)20-40(28)32(44)30(35(4,5)6)38-34(46)39-31(36(7,8)9)33(45)47-21(3)22-17-18-22/h12,21-24,27-28,30-31H,1,13-20H2,2-11H3,(H2,38,39,46)/t21?,23?,24-,27-,28+,30+,31+/m0/s1. The van der Waals surface area contributed by atoms with Gasteiger partial charge in [-0.2, -0.15) is 0 Å². The Labute approximate surface area is 281 Å².